The Morgan fingerprint density at radius 1 is 1.42 bits per heavy atom. The van der Waals surface area contributed by atoms with Crippen molar-refractivity contribution in [2.45, 2.75) is 25.3 Å². The minimum absolute atomic E-state index is 0.0647. The van der Waals surface area contributed by atoms with E-state index in [2.05, 4.69) is 0 Å². The molecule has 0 saturated carbocycles. The first-order chi connectivity index (χ1) is 9.05. The van der Waals surface area contributed by atoms with E-state index in [0.29, 0.717) is 30.4 Å². The number of ether oxygens (including phenoxy) is 2. The van der Waals surface area contributed by atoms with Gasteiger partial charge in [0.25, 0.3) is 0 Å². The topological polar surface area (TPSA) is 52.6 Å². The maximum atomic E-state index is 11.5. The Morgan fingerprint density at radius 2 is 2.21 bits per heavy atom. The van der Waals surface area contributed by atoms with Gasteiger partial charge in [-0.15, -0.1) is 11.6 Å². The van der Waals surface area contributed by atoms with Crippen molar-refractivity contribution in [2.24, 2.45) is 0 Å². The van der Waals surface area contributed by atoms with Crippen molar-refractivity contribution < 1.29 is 17.9 Å². The molecule has 1 heterocycles. The van der Waals surface area contributed by atoms with Gasteiger partial charge in [0.2, 0.25) is 0 Å². The quantitative estimate of drug-likeness (QED) is 0.784. The van der Waals surface area contributed by atoms with Gasteiger partial charge < -0.3 is 9.47 Å². The van der Waals surface area contributed by atoms with E-state index in [4.69, 9.17) is 21.1 Å². The van der Waals surface area contributed by atoms with Crippen LogP contribution in [-0.2, 0) is 15.7 Å². The predicted octanol–water partition coefficient (Wildman–Crippen LogP) is 2.39. The summed E-state index contributed by atoms with van der Waals surface area (Å²) in [5.74, 6) is 1.74. The van der Waals surface area contributed by atoms with E-state index in [9.17, 15) is 8.42 Å². The second-order valence-corrected chi connectivity index (χ2v) is 6.95. The van der Waals surface area contributed by atoms with E-state index in [1.165, 1.54) is 0 Å². The molecule has 0 N–H and O–H groups in total. The molecule has 1 saturated heterocycles. The van der Waals surface area contributed by atoms with Gasteiger partial charge in [-0.2, -0.15) is 0 Å². The third kappa shape index (κ3) is 3.54. The van der Waals surface area contributed by atoms with Crippen LogP contribution in [0.1, 0.15) is 18.9 Å². The molecule has 0 spiro atoms. The molecule has 0 bridgehead atoms. The first-order valence-electron chi connectivity index (χ1n) is 6.23. The Kier molecular flexibility index (Phi) is 4.58. The summed E-state index contributed by atoms with van der Waals surface area (Å²) < 4.78 is 34.3. The fraction of sp³-hybridized carbons (Fsp3) is 0.538. The lowest BCUT2D eigenvalue weighted by atomic mass is 10.2. The van der Waals surface area contributed by atoms with Gasteiger partial charge in [-0.3, -0.25) is 0 Å². The highest BCUT2D eigenvalue weighted by Crippen LogP contribution is 2.34. The molecule has 0 radical (unpaired) electrons. The Morgan fingerprint density at radius 3 is 2.79 bits per heavy atom. The number of sulfone groups is 1. The summed E-state index contributed by atoms with van der Waals surface area (Å²) in [4.78, 5) is 0. The standard InChI is InChI=1S/C13H17ClO4S/c1-2-17-12-5-3-4-10(8-14)13(12)18-11-6-7-19(15,16)9-11/h3-5,11H,2,6-9H2,1H3. The van der Waals surface area contributed by atoms with Crippen LogP contribution in [0.2, 0.25) is 0 Å². The van der Waals surface area contributed by atoms with Gasteiger partial charge in [0.15, 0.2) is 21.3 Å². The fourth-order valence-corrected chi connectivity index (χ4v) is 3.89. The van der Waals surface area contributed by atoms with Gasteiger partial charge in [0, 0.05) is 5.56 Å². The molecule has 4 nitrogen and oxygen atoms in total. The molecule has 1 aromatic rings. The molecule has 6 heteroatoms. The zero-order chi connectivity index (χ0) is 13.9. The highest BCUT2D eigenvalue weighted by atomic mass is 35.5. The second-order valence-electron chi connectivity index (χ2n) is 4.45. The molecule has 106 valence electrons. The van der Waals surface area contributed by atoms with Crippen LogP contribution >= 0.6 is 11.6 Å². The van der Waals surface area contributed by atoms with Crippen LogP contribution in [0.25, 0.3) is 0 Å². The largest absolute Gasteiger partial charge is 0.490 e. The summed E-state index contributed by atoms with van der Waals surface area (Å²) in [6, 6.07) is 5.51. The Bertz CT molecular complexity index is 542. The minimum Gasteiger partial charge on any atom is -0.490 e. The lowest BCUT2D eigenvalue weighted by molar-refractivity contribution is 0.211. The number of benzene rings is 1. The third-order valence-corrected chi connectivity index (χ3v) is 5.00. The highest BCUT2D eigenvalue weighted by Gasteiger charge is 2.30. The molecule has 0 aromatic heterocycles. The molecule has 1 aromatic carbocycles. The van der Waals surface area contributed by atoms with E-state index in [1.54, 1.807) is 6.07 Å². The van der Waals surface area contributed by atoms with E-state index < -0.39 is 9.84 Å². The average Bonchev–Trinajstić information content (AvgIpc) is 2.71. The number of halogens is 1. The van der Waals surface area contributed by atoms with Crippen LogP contribution < -0.4 is 9.47 Å². The van der Waals surface area contributed by atoms with Crippen molar-refractivity contribution >= 4 is 21.4 Å². The smallest absolute Gasteiger partial charge is 0.166 e. The van der Waals surface area contributed by atoms with Gasteiger partial charge in [-0.25, -0.2) is 8.42 Å². The van der Waals surface area contributed by atoms with Crippen molar-refractivity contribution in [3.8, 4) is 11.5 Å². The number of hydrogen-bond donors (Lipinski definition) is 0. The summed E-state index contributed by atoms with van der Waals surface area (Å²) in [5.41, 5.74) is 0.817. The van der Waals surface area contributed by atoms with Crippen LogP contribution in [-0.4, -0.2) is 32.6 Å². The van der Waals surface area contributed by atoms with Crippen molar-refractivity contribution in [3.05, 3.63) is 23.8 Å². The highest BCUT2D eigenvalue weighted by molar-refractivity contribution is 7.91. The Balaban J connectivity index is 2.23. The van der Waals surface area contributed by atoms with Gasteiger partial charge >= 0.3 is 0 Å². The molecule has 1 aliphatic rings. The number of hydrogen-bond acceptors (Lipinski definition) is 4. The molecule has 0 amide bonds. The third-order valence-electron chi connectivity index (χ3n) is 2.98. The van der Waals surface area contributed by atoms with Crippen LogP contribution in [0.3, 0.4) is 0 Å². The summed E-state index contributed by atoms with van der Waals surface area (Å²) in [6.45, 7) is 2.41. The lowest BCUT2D eigenvalue weighted by Crippen LogP contribution is -2.19. The summed E-state index contributed by atoms with van der Waals surface area (Å²) >= 11 is 5.89. The summed E-state index contributed by atoms with van der Waals surface area (Å²) in [6.07, 6.45) is 0.207. The van der Waals surface area contributed by atoms with Gasteiger partial charge in [0.1, 0.15) is 6.10 Å². The van der Waals surface area contributed by atoms with Crippen molar-refractivity contribution in [2.75, 3.05) is 18.1 Å². The molecule has 1 unspecified atom stereocenters. The lowest BCUT2D eigenvalue weighted by Gasteiger charge is -2.18. The second kappa shape index (κ2) is 6.01. The predicted molar refractivity (Wildman–Crippen MR) is 74.9 cm³/mol. The molecule has 1 atom stereocenters. The van der Waals surface area contributed by atoms with Gasteiger partial charge in [0.05, 0.1) is 24.0 Å². The first-order valence-corrected chi connectivity index (χ1v) is 8.59. The van der Waals surface area contributed by atoms with Crippen LogP contribution in [0.5, 0.6) is 11.5 Å². The minimum atomic E-state index is -2.96. The SMILES string of the molecule is CCOc1cccc(CCl)c1OC1CCS(=O)(=O)C1. The summed E-state index contributed by atoms with van der Waals surface area (Å²) in [5, 5.41) is 0. The molecule has 0 aliphatic carbocycles. The van der Waals surface area contributed by atoms with Gasteiger partial charge in [-0.1, -0.05) is 12.1 Å². The number of rotatable bonds is 5. The van der Waals surface area contributed by atoms with Crippen LogP contribution in [0, 0.1) is 0 Å². The monoisotopic (exact) mass is 304 g/mol. The van der Waals surface area contributed by atoms with E-state index in [-0.39, 0.29) is 17.6 Å². The van der Waals surface area contributed by atoms with Crippen LogP contribution in [0.15, 0.2) is 18.2 Å². The zero-order valence-corrected chi connectivity index (χ0v) is 12.3. The normalized spacial score (nSPS) is 21.3. The molecule has 2 rings (SSSR count). The Hall–Kier alpha value is -0.940. The van der Waals surface area contributed by atoms with E-state index >= 15 is 0 Å². The molecular weight excluding hydrogens is 288 g/mol. The molecule has 19 heavy (non-hydrogen) atoms. The summed E-state index contributed by atoms with van der Waals surface area (Å²) in [7, 11) is -2.96. The maximum Gasteiger partial charge on any atom is 0.166 e. The van der Waals surface area contributed by atoms with E-state index in [0.717, 1.165) is 5.56 Å². The number of para-hydroxylation sites is 1. The molecular formula is C13H17ClO4S. The molecule has 1 aliphatic heterocycles. The fourth-order valence-electron chi connectivity index (χ4n) is 2.09. The van der Waals surface area contributed by atoms with Crippen molar-refractivity contribution in [1.29, 1.82) is 0 Å². The Labute approximate surface area is 118 Å². The molecule has 1 fully saturated rings. The average molecular weight is 305 g/mol. The van der Waals surface area contributed by atoms with Gasteiger partial charge in [-0.05, 0) is 19.4 Å². The van der Waals surface area contributed by atoms with E-state index in [1.807, 2.05) is 19.1 Å². The maximum absolute atomic E-state index is 11.5. The van der Waals surface area contributed by atoms with Crippen molar-refractivity contribution in [1.82, 2.24) is 0 Å². The first kappa shape index (κ1) is 14.5. The van der Waals surface area contributed by atoms with Crippen LogP contribution in [0.4, 0.5) is 0 Å². The zero-order valence-electron chi connectivity index (χ0n) is 10.8. The number of alkyl halides is 1. The van der Waals surface area contributed by atoms with Crippen molar-refractivity contribution in [3.63, 3.8) is 0 Å².